The fourth-order valence-electron chi connectivity index (χ4n) is 2.78. The number of amides is 1. The van der Waals surface area contributed by atoms with Crippen molar-refractivity contribution >= 4 is 5.91 Å². The van der Waals surface area contributed by atoms with Crippen molar-refractivity contribution < 1.29 is 9.90 Å². The molecule has 1 amide bonds. The summed E-state index contributed by atoms with van der Waals surface area (Å²) in [4.78, 5) is 14.1. The summed E-state index contributed by atoms with van der Waals surface area (Å²) < 4.78 is 0. The first kappa shape index (κ1) is 15.5. The molecule has 0 saturated carbocycles. The van der Waals surface area contributed by atoms with Gasteiger partial charge in [-0.3, -0.25) is 4.79 Å². The Morgan fingerprint density at radius 2 is 1.83 bits per heavy atom. The summed E-state index contributed by atoms with van der Waals surface area (Å²) in [5.41, 5.74) is -0.293. The summed E-state index contributed by atoms with van der Waals surface area (Å²) >= 11 is 0. The van der Waals surface area contributed by atoms with Gasteiger partial charge in [0.15, 0.2) is 0 Å². The number of carbonyl (C=O) groups is 1. The smallest absolute Gasteiger partial charge is 0.222 e. The summed E-state index contributed by atoms with van der Waals surface area (Å²) in [6.07, 6.45) is 3.11. The molecule has 0 radical (unpaired) electrons. The van der Waals surface area contributed by atoms with Crippen molar-refractivity contribution in [3.8, 4) is 0 Å². The maximum Gasteiger partial charge on any atom is 0.222 e. The van der Waals surface area contributed by atoms with Gasteiger partial charge in [-0.05, 0) is 37.5 Å². The Morgan fingerprint density at radius 3 is 2.28 bits per heavy atom. The third-order valence-corrected chi connectivity index (χ3v) is 3.68. The van der Waals surface area contributed by atoms with E-state index in [4.69, 9.17) is 0 Å². The maximum atomic E-state index is 12.1. The molecule has 0 aliphatic carbocycles. The van der Waals surface area contributed by atoms with Crippen molar-refractivity contribution in [2.45, 2.75) is 65.9 Å². The minimum absolute atomic E-state index is 0.252. The van der Waals surface area contributed by atoms with Gasteiger partial charge < -0.3 is 10.0 Å². The van der Waals surface area contributed by atoms with Gasteiger partial charge in [0.05, 0.1) is 5.60 Å². The van der Waals surface area contributed by atoms with Crippen LogP contribution in [0.1, 0.15) is 60.3 Å². The van der Waals surface area contributed by atoms with Gasteiger partial charge in [0.25, 0.3) is 0 Å². The number of rotatable bonds is 3. The van der Waals surface area contributed by atoms with E-state index in [2.05, 4.69) is 27.7 Å². The van der Waals surface area contributed by atoms with Crippen molar-refractivity contribution in [3.05, 3.63) is 0 Å². The zero-order valence-electron chi connectivity index (χ0n) is 12.6. The van der Waals surface area contributed by atoms with E-state index in [1.807, 2.05) is 11.8 Å². The van der Waals surface area contributed by atoms with Crippen molar-refractivity contribution in [2.75, 3.05) is 13.1 Å². The molecule has 0 aromatic rings. The summed E-state index contributed by atoms with van der Waals surface area (Å²) in [6, 6.07) is 0. The predicted octanol–water partition coefficient (Wildman–Crippen LogP) is 2.82. The van der Waals surface area contributed by atoms with Crippen LogP contribution in [0.15, 0.2) is 0 Å². The molecule has 3 nitrogen and oxygen atoms in total. The van der Waals surface area contributed by atoms with Gasteiger partial charge in [0, 0.05) is 19.5 Å². The fourth-order valence-corrected chi connectivity index (χ4v) is 2.78. The van der Waals surface area contributed by atoms with Crippen LogP contribution in [0.2, 0.25) is 0 Å². The van der Waals surface area contributed by atoms with Crippen LogP contribution >= 0.6 is 0 Å². The third kappa shape index (κ3) is 5.38. The highest BCUT2D eigenvalue weighted by Crippen LogP contribution is 2.27. The number of carbonyl (C=O) groups excluding carboxylic acids is 1. The molecule has 0 bridgehead atoms. The molecule has 1 atom stereocenters. The summed E-state index contributed by atoms with van der Waals surface area (Å²) in [5.74, 6) is 0.683. The van der Waals surface area contributed by atoms with Crippen LogP contribution < -0.4 is 0 Å². The number of hydrogen-bond donors (Lipinski definition) is 1. The fraction of sp³-hybridized carbons (Fsp3) is 0.933. The first-order valence-corrected chi connectivity index (χ1v) is 7.09. The van der Waals surface area contributed by atoms with Gasteiger partial charge in [-0.15, -0.1) is 0 Å². The van der Waals surface area contributed by atoms with Gasteiger partial charge in [-0.2, -0.15) is 0 Å². The molecule has 0 aromatic heterocycles. The van der Waals surface area contributed by atoms with E-state index < -0.39 is 5.60 Å². The molecule has 106 valence electrons. The number of piperidine rings is 1. The van der Waals surface area contributed by atoms with Crippen LogP contribution in [0.4, 0.5) is 0 Å². The zero-order chi connectivity index (χ0) is 14.0. The largest absolute Gasteiger partial charge is 0.390 e. The molecular formula is C15H29NO2. The number of likely N-dealkylation sites (tertiary alicyclic amines) is 1. The van der Waals surface area contributed by atoms with E-state index in [1.54, 1.807) is 0 Å². The van der Waals surface area contributed by atoms with Crippen LogP contribution in [0.3, 0.4) is 0 Å². The van der Waals surface area contributed by atoms with Gasteiger partial charge in [0.1, 0.15) is 0 Å². The molecule has 1 N–H and O–H groups in total. The number of nitrogens with zero attached hydrogens (tertiary/aromatic N) is 1. The molecule has 0 spiro atoms. The van der Waals surface area contributed by atoms with Crippen molar-refractivity contribution in [3.63, 3.8) is 0 Å². The van der Waals surface area contributed by atoms with E-state index in [9.17, 15) is 9.90 Å². The third-order valence-electron chi connectivity index (χ3n) is 3.68. The molecule has 1 rings (SSSR count). The molecule has 1 fully saturated rings. The summed E-state index contributed by atoms with van der Waals surface area (Å²) in [5, 5.41) is 9.87. The molecule has 1 unspecified atom stereocenters. The highest BCUT2D eigenvalue weighted by Gasteiger charge is 2.30. The van der Waals surface area contributed by atoms with Crippen LogP contribution in [0, 0.1) is 11.3 Å². The predicted molar refractivity (Wildman–Crippen MR) is 74.3 cm³/mol. The second-order valence-corrected chi connectivity index (χ2v) is 7.45. The summed E-state index contributed by atoms with van der Waals surface area (Å²) in [6.45, 7) is 12.1. The average Bonchev–Trinajstić information content (AvgIpc) is 2.13. The molecule has 1 saturated heterocycles. The SMILES string of the molecule is CC(CC(=O)N1CCC(C)(O)CC1)CC(C)(C)C. The van der Waals surface area contributed by atoms with Crippen LogP contribution in [-0.2, 0) is 4.79 Å². The van der Waals surface area contributed by atoms with Crippen molar-refractivity contribution in [2.24, 2.45) is 11.3 Å². The highest BCUT2D eigenvalue weighted by atomic mass is 16.3. The van der Waals surface area contributed by atoms with Gasteiger partial charge in [0.2, 0.25) is 5.91 Å². The van der Waals surface area contributed by atoms with Crippen LogP contribution in [0.5, 0.6) is 0 Å². The standard InChI is InChI=1S/C15H29NO2/c1-12(11-14(2,3)4)10-13(17)16-8-6-15(5,18)7-9-16/h12,18H,6-11H2,1-5H3. The van der Waals surface area contributed by atoms with Gasteiger partial charge >= 0.3 is 0 Å². The van der Waals surface area contributed by atoms with Crippen LogP contribution in [-0.4, -0.2) is 34.6 Å². The Bertz CT molecular complexity index is 281. The average molecular weight is 255 g/mol. The first-order valence-electron chi connectivity index (χ1n) is 7.09. The second kappa shape index (κ2) is 5.60. The van der Waals surface area contributed by atoms with E-state index in [-0.39, 0.29) is 11.3 Å². The normalized spacial score (nSPS) is 21.8. The molecular weight excluding hydrogens is 226 g/mol. The number of hydrogen-bond acceptors (Lipinski definition) is 2. The van der Waals surface area contributed by atoms with E-state index >= 15 is 0 Å². The lowest BCUT2D eigenvalue weighted by molar-refractivity contribution is -0.136. The molecule has 1 heterocycles. The molecule has 1 aliphatic rings. The lowest BCUT2D eigenvalue weighted by atomic mass is 9.84. The van der Waals surface area contributed by atoms with Crippen molar-refractivity contribution in [1.29, 1.82) is 0 Å². The Hall–Kier alpha value is -0.570. The molecule has 18 heavy (non-hydrogen) atoms. The lowest BCUT2D eigenvalue weighted by Gasteiger charge is -2.36. The molecule has 1 aliphatic heterocycles. The summed E-state index contributed by atoms with van der Waals surface area (Å²) in [7, 11) is 0. The quantitative estimate of drug-likeness (QED) is 0.842. The monoisotopic (exact) mass is 255 g/mol. The topological polar surface area (TPSA) is 40.5 Å². The Morgan fingerprint density at radius 1 is 1.33 bits per heavy atom. The Labute approximate surface area is 112 Å². The number of aliphatic hydroxyl groups is 1. The Kier molecular flexibility index (Phi) is 4.82. The maximum absolute atomic E-state index is 12.1. The lowest BCUT2D eigenvalue weighted by Crippen LogP contribution is -2.45. The van der Waals surface area contributed by atoms with E-state index in [0.717, 1.165) is 6.42 Å². The highest BCUT2D eigenvalue weighted by molar-refractivity contribution is 5.76. The zero-order valence-corrected chi connectivity index (χ0v) is 12.6. The van der Waals surface area contributed by atoms with Gasteiger partial charge in [-0.25, -0.2) is 0 Å². The molecule has 0 aromatic carbocycles. The second-order valence-electron chi connectivity index (χ2n) is 7.45. The first-order chi connectivity index (χ1) is 8.09. The van der Waals surface area contributed by atoms with E-state index in [1.165, 1.54) is 0 Å². The Balaban J connectivity index is 2.38. The van der Waals surface area contributed by atoms with Gasteiger partial charge in [-0.1, -0.05) is 27.7 Å². The minimum atomic E-state index is -0.576. The molecule has 3 heteroatoms. The van der Waals surface area contributed by atoms with Crippen molar-refractivity contribution in [1.82, 2.24) is 4.90 Å². The van der Waals surface area contributed by atoms with Crippen LogP contribution in [0.25, 0.3) is 0 Å². The van der Waals surface area contributed by atoms with E-state index in [0.29, 0.717) is 38.3 Å². The minimum Gasteiger partial charge on any atom is -0.390 e.